The number of para-hydroxylation sites is 2. The number of carbonyl (C=O) groups excluding carboxylic acids is 2. The molecule has 3 aromatic carbocycles. The molecule has 5 nitrogen and oxygen atoms in total. The van der Waals surface area contributed by atoms with Crippen molar-refractivity contribution < 1.29 is 14.0 Å². The number of ketones is 1. The van der Waals surface area contributed by atoms with Crippen LogP contribution in [0, 0.1) is 0 Å². The Hall–Kier alpha value is -3.38. The van der Waals surface area contributed by atoms with Gasteiger partial charge in [-0.2, -0.15) is 0 Å². The van der Waals surface area contributed by atoms with Crippen molar-refractivity contribution in [2.24, 2.45) is 0 Å². The smallest absolute Gasteiger partial charge is 0.257 e. The monoisotopic (exact) mass is 402 g/mol. The van der Waals surface area contributed by atoms with Gasteiger partial charge in [-0.25, -0.2) is 4.98 Å². The van der Waals surface area contributed by atoms with Crippen LogP contribution in [0.2, 0.25) is 0 Å². The zero-order valence-electron chi connectivity index (χ0n) is 15.7. The Kier molecular flexibility index (Phi) is 5.44. The van der Waals surface area contributed by atoms with Gasteiger partial charge in [0.25, 0.3) is 5.22 Å². The highest BCUT2D eigenvalue weighted by Crippen LogP contribution is 2.37. The van der Waals surface area contributed by atoms with Crippen LogP contribution in [-0.4, -0.2) is 16.7 Å². The molecule has 1 heterocycles. The van der Waals surface area contributed by atoms with Crippen molar-refractivity contribution in [2.45, 2.75) is 17.4 Å². The number of benzene rings is 3. The third kappa shape index (κ3) is 4.38. The van der Waals surface area contributed by atoms with Crippen molar-refractivity contribution in [3.05, 3.63) is 90.0 Å². The molecule has 6 heteroatoms. The Bertz CT molecular complexity index is 1140. The number of oxazole rings is 1. The number of thioether (sulfide) groups is 1. The largest absolute Gasteiger partial charge is 0.431 e. The van der Waals surface area contributed by atoms with Crippen LogP contribution in [0.4, 0.5) is 5.69 Å². The molecule has 0 radical (unpaired) electrons. The van der Waals surface area contributed by atoms with Crippen LogP contribution in [0.5, 0.6) is 0 Å². The summed E-state index contributed by atoms with van der Waals surface area (Å²) in [6, 6.07) is 23.9. The van der Waals surface area contributed by atoms with Gasteiger partial charge in [-0.3, -0.25) is 9.59 Å². The molecule has 1 aromatic heterocycles. The van der Waals surface area contributed by atoms with Crippen LogP contribution in [0.3, 0.4) is 0 Å². The van der Waals surface area contributed by atoms with Crippen LogP contribution in [0.25, 0.3) is 11.1 Å². The van der Waals surface area contributed by atoms with E-state index in [2.05, 4.69) is 10.3 Å². The van der Waals surface area contributed by atoms with Gasteiger partial charge in [0.2, 0.25) is 5.91 Å². The second kappa shape index (κ2) is 8.32. The number of hydrogen-bond acceptors (Lipinski definition) is 5. The molecule has 4 rings (SSSR count). The molecule has 4 aromatic rings. The first-order chi connectivity index (χ1) is 14.1. The molecule has 0 spiro atoms. The normalized spacial score (nSPS) is 11.9. The van der Waals surface area contributed by atoms with Gasteiger partial charge in [-0.1, -0.05) is 54.6 Å². The van der Waals surface area contributed by atoms with E-state index in [1.807, 2.05) is 54.6 Å². The molecule has 1 amide bonds. The standard InChI is InChI=1S/C23H18N2O3S/c1-15(26)17-10-7-11-18(14-17)24-22(27)21(16-8-3-2-4-9-16)29-23-25-19-12-5-6-13-20(19)28-23/h2-14,21H,1H3,(H,24,27). The second-order valence-electron chi connectivity index (χ2n) is 6.48. The molecule has 1 N–H and O–H groups in total. The fourth-order valence-electron chi connectivity index (χ4n) is 2.93. The average molecular weight is 402 g/mol. The number of amides is 1. The molecule has 0 aliphatic rings. The summed E-state index contributed by atoms with van der Waals surface area (Å²) >= 11 is 1.25. The zero-order valence-corrected chi connectivity index (χ0v) is 16.5. The number of hydrogen-bond donors (Lipinski definition) is 1. The summed E-state index contributed by atoms with van der Waals surface area (Å²) in [6.07, 6.45) is 0. The molecule has 0 saturated carbocycles. The van der Waals surface area contributed by atoms with Gasteiger partial charge < -0.3 is 9.73 Å². The maximum absolute atomic E-state index is 13.1. The molecule has 144 valence electrons. The van der Waals surface area contributed by atoms with Gasteiger partial charge in [0.05, 0.1) is 0 Å². The lowest BCUT2D eigenvalue weighted by molar-refractivity contribution is -0.115. The van der Waals surface area contributed by atoms with E-state index in [1.165, 1.54) is 18.7 Å². The van der Waals surface area contributed by atoms with Gasteiger partial charge in [0.15, 0.2) is 11.4 Å². The molecule has 0 bridgehead atoms. The van der Waals surface area contributed by atoms with Crippen LogP contribution in [0.1, 0.15) is 28.1 Å². The SMILES string of the molecule is CC(=O)c1cccc(NC(=O)C(Sc2nc3ccccc3o2)c2ccccc2)c1. The average Bonchev–Trinajstić information content (AvgIpc) is 3.15. The van der Waals surface area contributed by atoms with Crippen LogP contribution in [0.15, 0.2) is 88.5 Å². The first kappa shape index (κ1) is 19.0. The van der Waals surface area contributed by atoms with E-state index in [4.69, 9.17) is 4.42 Å². The minimum atomic E-state index is -0.565. The van der Waals surface area contributed by atoms with E-state index in [0.717, 1.165) is 11.1 Å². The van der Waals surface area contributed by atoms with Crippen molar-refractivity contribution in [3.63, 3.8) is 0 Å². The Morgan fingerprint density at radius 3 is 2.48 bits per heavy atom. The number of aromatic nitrogens is 1. The number of carbonyl (C=O) groups is 2. The summed E-state index contributed by atoms with van der Waals surface area (Å²) < 4.78 is 5.80. The van der Waals surface area contributed by atoms with E-state index in [9.17, 15) is 9.59 Å². The summed E-state index contributed by atoms with van der Waals surface area (Å²) in [4.78, 5) is 29.2. The highest BCUT2D eigenvalue weighted by atomic mass is 32.2. The fourth-order valence-corrected chi connectivity index (χ4v) is 3.88. The van der Waals surface area contributed by atoms with Crippen molar-refractivity contribution in [1.29, 1.82) is 0 Å². The van der Waals surface area contributed by atoms with Crippen LogP contribution in [-0.2, 0) is 4.79 Å². The van der Waals surface area contributed by atoms with Gasteiger partial charge >= 0.3 is 0 Å². The Balaban J connectivity index is 1.62. The molecule has 0 aliphatic carbocycles. The quantitative estimate of drug-likeness (QED) is 0.340. The Labute approximate surface area is 172 Å². The Morgan fingerprint density at radius 1 is 0.966 bits per heavy atom. The molecule has 1 unspecified atom stereocenters. The van der Waals surface area contributed by atoms with Crippen molar-refractivity contribution in [3.8, 4) is 0 Å². The summed E-state index contributed by atoms with van der Waals surface area (Å²) in [5.74, 6) is -0.272. The van der Waals surface area contributed by atoms with Gasteiger partial charge in [0, 0.05) is 11.3 Å². The van der Waals surface area contributed by atoms with Crippen molar-refractivity contribution in [1.82, 2.24) is 4.98 Å². The summed E-state index contributed by atoms with van der Waals surface area (Å²) in [5.41, 5.74) is 3.38. The predicted octanol–water partition coefficient (Wildman–Crippen LogP) is 5.50. The molecule has 0 saturated heterocycles. The highest BCUT2D eigenvalue weighted by molar-refractivity contribution is 8.00. The van der Waals surface area contributed by atoms with E-state index in [1.54, 1.807) is 24.3 Å². The third-order valence-corrected chi connectivity index (χ3v) is 5.47. The lowest BCUT2D eigenvalue weighted by Crippen LogP contribution is -2.19. The maximum Gasteiger partial charge on any atom is 0.257 e. The van der Waals surface area contributed by atoms with Gasteiger partial charge in [0.1, 0.15) is 10.8 Å². The van der Waals surface area contributed by atoms with Gasteiger partial charge in [-0.05, 0) is 48.5 Å². The lowest BCUT2D eigenvalue weighted by Gasteiger charge is -2.15. The molecular formula is C23H18N2O3S. The Morgan fingerprint density at radius 2 is 1.72 bits per heavy atom. The number of rotatable bonds is 6. The van der Waals surface area contributed by atoms with E-state index < -0.39 is 5.25 Å². The molecule has 1 atom stereocenters. The minimum absolute atomic E-state index is 0.0541. The summed E-state index contributed by atoms with van der Waals surface area (Å²) in [5, 5.41) is 2.77. The molecule has 0 fully saturated rings. The molecular weight excluding hydrogens is 384 g/mol. The molecule has 0 aliphatic heterocycles. The first-order valence-electron chi connectivity index (χ1n) is 9.09. The van der Waals surface area contributed by atoms with Crippen LogP contribution >= 0.6 is 11.8 Å². The number of anilines is 1. The number of nitrogens with zero attached hydrogens (tertiary/aromatic N) is 1. The molecule has 29 heavy (non-hydrogen) atoms. The van der Waals surface area contributed by atoms with Crippen molar-refractivity contribution in [2.75, 3.05) is 5.32 Å². The maximum atomic E-state index is 13.1. The lowest BCUT2D eigenvalue weighted by atomic mass is 10.1. The summed E-state index contributed by atoms with van der Waals surface area (Å²) in [7, 11) is 0. The van der Waals surface area contributed by atoms with E-state index in [0.29, 0.717) is 22.1 Å². The van der Waals surface area contributed by atoms with Crippen LogP contribution < -0.4 is 5.32 Å². The van der Waals surface area contributed by atoms with E-state index >= 15 is 0 Å². The predicted molar refractivity (Wildman–Crippen MR) is 114 cm³/mol. The third-order valence-electron chi connectivity index (χ3n) is 4.37. The topological polar surface area (TPSA) is 72.2 Å². The zero-order chi connectivity index (χ0) is 20.2. The highest BCUT2D eigenvalue weighted by Gasteiger charge is 2.25. The number of Topliss-reactive ketones (excluding diaryl/α,β-unsaturated/α-hetero) is 1. The second-order valence-corrected chi connectivity index (χ2v) is 7.54. The fraction of sp³-hybridized carbons (Fsp3) is 0.0870. The summed E-state index contributed by atoms with van der Waals surface area (Å²) in [6.45, 7) is 1.50. The minimum Gasteiger partial charge on any atom is -0.431 e. The number of fused-ring (bicyclic) bond motifs is 1. The first-order valence-corrected chi connectivity index (χ1v) is 9.97. The van der Waals surface area contributed by atoms with Gasteiger partial charge in [-0.15, -0.1) is 0 Å². The van der Waals surface area contributed by atoms with Crippen molar-refractivity contribution >= 4 is 40.2 Å². The number of nitrogens with one attached hydrogen (secondary N) is 1. The van der Waals surface area contributed by atoms with E-state index in [-0.39, 0.29) is 11.7 Å².